The highest BCUT2D eigenvalue weighted by molar-refractivity contribution is 9.09. The first kappa shape index (κ1) is 11.5. The SMILES string of the molecule is CC(O)C1CCN(CCCBr)CC1. The van der Waals surface area contributed by atoms with Crippen molar-refractivity contribution in [3.8, 4) is 0 Å². The number of alkyl halides is 1. The molecular weight excluding hydrogens is 230 g/mol. The van der Waals surface area contributed by atoms with Gasteiger partial charge in [0.15, 0.2) is 0 Å². The zero-order valence-electron chi connectivity index (χ0n) is 8.38. The summed E-state index contributed by atoms with van der Waals surface area (Å²) in [6.07, 6.45) is 3.46. The summed E-state index contributed by atoms with van der Waals surface area (Å²) >= 11 is 3.44. The summed E-state index contributed by atoms with van der Waals surface area (Å²) in [5, 5.41) is 10.5. The molecule has 0 aromatic carbocycles. The Bertz CT molecular complexity index is 133. The Morgan fingerprint density at radius 1 is 1.46 bits per heavy atom. The summed E-state index contributed by atoms with van der Waals surface area (Å²) in [5.74, 6) is 0.542. The van der Waals surface area contributed by atoms with Crippen molar-refractivity contribution in [2.75, 3.05) is 25.0 Å². The first-order valence-corrected chi connectivity index (χ1v) is 6.32. The molecule has 0 spiro atoms. The Morgan fingerprint density at radius 2 is 2.08 bits per heavy atom. The van der Waals surface area contributed by atoms with E-state index in [9.17, 15) is 5.11 Å². The number of hydrogen-bond donors (Lipinski definition) is 1. The molecular formula is C10H20BrNO. The van der Waals surface area contributed by atoms with Crippen LogP contribution >= 0.6 is 15.9 Å². The second-order valence-electron chi connectivity index (χ2n) is 3.96. The Hall–Kier alpha value is 0.400. The number of nitrogens with zero attached hydrogens (tertiary/aromatic N) is 1. The molecule has 13 heavy (non-hydrogen) atoms. The molecule has 1 saturated heterocycles. The maximum absolute atomic E-state index is 9.41. The van der Waals surface area contributed by atoms with Crippen molar-refractivity contribution >= 4 is 15.9 Å². The topological polar surface area (TPSA) is 23.5 Å². The van der Waals surface area contributed by atoms with E-state index in [1.165, 1.54) is 38.9 Å². The van der Waals surface area contributed by atoms with Crippen LogP contribution in [0, 0.1) is 5.92 Å². The van der Waals surface area contributed by atoms with Crippen molar-refractivity contribution in [2.45, 2.75) is 32.3 Å². The van der Waals surface area contributed by atoms with E-state index in [0.717, 1.165) is 5.33 Å². The lowest BCUT2D eigenvalue weighted by Gasteiger charge is -2.33. The molecule has 78 valence electrons. The fraction of sp³-hybridized carbons (Fsp3) is 1.00. The summed E-state index contributed by atoms with van der Waals surface area (Å²) in [6.45, 7) is 5.46. The van der Waals surface area contributed by atoms with Gasteiger partial charge in [-0.2, -0.15) is 0 Å². The molecule has 0 amide bonds. The summed E-state index contributed by atoms with van der Waals surface area (Å²) in [4.78, 5) is 2.50. The first-order chi connectivity index (χ1) is 6.24. The molecule has 0 aliphatic carbocycles. The highest BCUT2D eigenvalue weighted by atomic mass is 79.9. The molecule has 2 nitrogen and oxygen atoms in total. The van der Waals surface area contributed by atoms with Gasteiger partial charge in [0.25, 0.3) is 0 Å². The van der Waals surface area contributed by atoms with Crippen LogP contribution in [-0.2, 0) is 0 Å². The number of likely N-dealkylation sites (tertiary alicyclic amines) is 1. The molecule has 0 radical (unpaired) electrons. The maximum Gasteiger partial charge on any atom is 0.0541 e. The van der Waals surface area contributed by atoms with Crippen molar-refractivity contribution in [3.05, 3.63) is 0 Å². The molecule has 1 N–H and O–H groups in total. The van der Waals surface area contributed by atoms with Crippen LogP contribution in [0.2, 0.25) is 0 Å². The minimum Gasteiger partial charge on any atom is -0.393 e. The van der Waals surface area contributed by atoms with Gasteiger partial charge < -0.3 is 10.0 Å². The molecule has 0 aromatic rings. The predicted octanol–water partition coefficient (Wildman–Crippen LogP) is 1.86. The lowest BCUT2D eigenvalue weighted by atomic mass is 9.92. The van der Waals surface area contributed by atoms with Crippen LogP contribution in [-0.4, -0.2) is 41.1 Å². The highest BCUT2D eigenvalue weighted by Crippen LogP contribution is 2.20. The minimum atomic E-state index is -0.113. The van der Waals surface area contributed by atoms with Gasteiger partial charge in [-0.15, -0.1) is 0 Å². The van der Waals surface area contributed by atoms with E-state index in [1.54, 1.807) is 0 Å². The standard InChI is InChI=1S/C10H20BrNO/c1-9(13)10-3-7-12(8-4-10)6-2-5-11/h9-10,13H,2-8H2,1H3. The van der Waals surface area contributed by atoms with Gasteiger partial charge in [0, 0.05) is 5.33 Å². The maximum atomic E-state index is 9.41. The summed E-state index contributed by atoms with van der Waals surface area (Å²) in [5.41, 5.74) is 0. The van der Waals surface area contributed by atoms with E-state index in [4.69, 9.17) is 0 Å². The smallest absolute Gasteiger partial charge is 0.0541 e. The second kappa shape index (κ2) is 5.99. The van der Waals surface area contributed by atoms with Gasteiger partial charge in [-0.25, -0.2) is 0 Å². The molecule has 1 aliphatic heterocycles. The van der Waals surface area contributed by atoms with Crippen LogP contribution in [0.15, 0.2) is 0 Å². The Kier molecular flexibility index (Phi) is 5.29. The number of hydrogen-bond acceptors (Lipinski definition) is 2. The van der Waals surface area contributed by atoms with Crippen molar-refractivity contribution < 1.29 is 5.11 Å². The molecule has 1 atom stereocenters. The lowest BCUT2D eigenvalue weighted by Crippen LogP contribution is -2.37. The molecule has 1 unspecified atom stereocenters. The Morgan fingerprint density at radius 3 is 2.54 bits per heavy atom. The van der Waals surface area contributed by atoms with Crippen LogP contribution in [0.5, 0.6) is 0 Å². The fourth-order valence-electron chi connectivity index (χ4n) is 1.94. The first-order valence-electron chi connectivity index (χ1n) is 5.20. The highest BCUT2D eigenvalue weighted by Gasteiger charge is 2.21. The van der Waals surface area contributed by atoms with E-state index in [-0.39, 0.29) is 6.10 Å². The van der Waals surface area contributed by atoms with Crippen LogP contribution in [0.1, 0.15) is 26.2 Å². The third-order valence-electron chi connectivity index (χ3n) is 2.92. The summed E-state index contributed by atoms with van der Waals surface area (Å²) < 4.78 is 0. The van der Waals surface area contributed by atoms with Crippen molar-refractivity contribution in [1.82, 2.24) is 4.90 Å². The molecule has 1 rings (SSSR count). The fourth-order valence-corrected chi connectivity index (χ4v) is 2.19. The molecule has 0 bridgehead atoms. The normalized spacial score (nSPS) is 23.3. The molecule has 1 fully saturated rings. The number of piperidine rings is 1. The van der Waals surface area contributed by atoms with Gasteiger partial charge >= 0.3 is 0 Å². The van der Waals surface area contributed by atoms with Crippen LogP contribution in [0.25, 0.3) is 0 Å². The molecule has 1 aliphatic rings. The summed E-state index contributed by atoms with van der Waals surface area (Å²) in [6, 6.07) is 0. The van der Waals surface area contributed by atoms with Crippen molar-refractivity contribution in [2.24, 2.45) is 5.92 Å². The molecule has 1 heterocycles. The third kappa shape index (κ3) is 3.96. The van der Waals surface area contributed by atoms with Crippen molar-refractivity contribution in [1.29, 1.82) is 0 Å². The van der Waals surface area contributed by atoms with E-state index in [0.29, 0.717) is 5.92 Å². The van der Waals surface area contributed by atoms with E-state index in [2.05, 4.69) is 20.8 Å². The van der Waals surface area contributed by atoms with Crippen LogP contribution in [0.4, 0.5) is 0 Å². The van der Waals surface area contributed by atoms with Gasteiger partial charge in [0.05, 0.1) is 6.10 Å². The molecule has 3 heteroatoms. The van der Waals surface area contributed by atoms with E-state index in [1.807, 2.05) is 6.92 Å². The van der Waals surface area contributed by atoms with E-state index < -0.39 is 0 Å². The Balaban J connectivity index is 2.15. The van der Waals surface area contributed by atoms with Crippen LogP contribution in [0.3, 0.4) is 0 Å². The number of aliphatic hydroxyl groups is 1. The zero-order chi connectivity index (χ0) is 9.68. The van der Waals surface area contributed by atoms with E-state index >= 15 is 0 Å². The van der Waals surface area contributed by atoms with Crippen molar-refractivity contribution in [3.63, 3.8) is 0 Å². The Labute approximate surface area is 89.4 Å². The average molecular weight is 250 g/mol. The third-order valence-corrected chi connectivity index (χ3v) is 3.48. The van der Waals surface area contributed by atoms with Crippen LogP contribution < -0.4 is 0 Å². The monoisotopic (exact) mass is 249 g/mol. The zero-order valence-corrected chi connectivity index (χ0v) is 9.96. The number of aliphatic hydroxyl groups excluding tert-OH is 1. The van der Waals surface area contributed by atoms with Gasteiger partial charge in [0.1, 0.15) is 0 Å². The second-order valence-corrected chi connectivity index (χ2v) is 4.76. The summed E-state index contributed by atoms with van der Waals surface area (Å²) in [7, 11) is 0. The average Bonchev–Trinajstić information content (AvgIpc) is 2.15. The largest absolute Gasteiger partial charge is 0.393 e. The number of rotatable bonds is 4. The quantitative estimate of drug-likeness (QED) is 0.770. The van der Waals surface area contributed by atoms with Gasteiger partial charge in [-0.3, -0.25) is 0 Å². The van der Waals surface area contributed by atoms with Gasteiger partial charge in [0.2, 0.25) is 0 Å². The minimum absolute atomic E-state index is 0.113. The number of halogens is 1. The van der Waals surface area contributed by atoms with Gasteiger partial charge in [-0.05, 0) is 51.7 Å². The lowest BCUT2D eigenvalue weighted by molar-refractivity contribution is 0.0721. The molecule has 0 saturated carbocycles. The van der Waals surface area contributed by atoms with Gasteiger partial charge in [-0.1, -0.05) is 15.9 Å². The molecule has 0 aromatic heterocycles. The predicted molar refractivity (Wildman–Crippen MR) is 59.3 cm³/mol.